The van der Waals surface area contributed by atoms with Gasteiger partial charge in [-0.05, 0) is 49.6 Å². The summed E-state index contributed by atoms with van der Waals surface area (Å²) in [5, 5.41) is 11.6. The van der Waals surface area contributed by atoms with Gasteiger partial charge in [-0.25, -0.2) is 9.78 Å². The fraction of sp³-hybridized carbons (Fsp3) is 0.273. The van der Waals surface area contributed by atoms with Crippen LogP contribution in [0.4, 0.5) is 5.69 Å². The molecule has 0 N–H and O–H groups in total. The molecule has 7 nitrogen and oxygen atoms in total. The maximum Gasteiger partial charge on any atom is 0.350 e. The highest BCUT2D eigenvalue weighted by Gasteiger charge is 2.22. The highest BCUT2D eigenvalue weighted by atomic mass is 32.1. The smallest absolute Gasteiger partial charge is 0.350 e. The Morgan fingerprint density at radius 2 is 2.00 bits per heavy atom. The molecule has 0 saturated heterocycles. The summed E-state index contributed by atoms with van der Waals surface area (Å²) in [7, 11) is 0. The van der Waals surface area contributed by atoms with Crippen LogP contribution in [-0.4, -0.2) is 36.6 Å². The molecular formula is C22H21N3O4S2. The number of esters is 1. The molecular weight excluding hydrogens is 434 g/mol. The topological polar surface area (TPSA) is 92.5 Å². The first-order valence-corrected chi connectivity index (χ1v) is 11.3. The Kier molecular flexibility index (Phi) is 7.76. The van der Waals surface area contributed by atoms with Crippen molar-refractivity contribution in [3.05, 3.63) is 52.3 Å². The van der Waals surface area contributed by atoms with Crippen LogP contribution in [0.2, 0.25) is 0 Å². The van der Waals surface area contributed by atoms with Crippen molar-refractivity contribution in [2.75, 3.05) is 24.7 Å². The van der Waals surface area contributed by atoms with Crippen LogP contribution in [0.1, 0.15) is 28.7 Å². The summed E-state index contributed by atoms with van der Waals surface area (Å²) in [6.07, 6.45) is 0.158. The van der Waals surface area contributed by atoms with Crippen LogP contribution in [-0.2, 0) is 9.53 Å². The predicted octanol–water partition coefficient (Wildman–Crippen LogP) is 4.68. The lowest BCUT2D eigenvalue weighted by atomic mass is 10.2. The van der Waals surface area contributed by atoms with Gasteiger partial charge in [0.15, 0.2) is 6.61 Å². The Hall–Kier alpha value is -3.22. The summed E-state index contributed by atoms with van der Waals surface area (Å²) in [6, 6.07) is 12.9. The van der Waals surface area contributed by atoms with Crippen molar-refractivity contribution in [2.45, 2.75) is 20.3 Å². The lowest BCUT2D eigenvalue weighted by molar-refractivity contribution is -0.121. The number of amides is 1. The summed E-state index contributed by atoms with van der Waals surface area (Å²) in [6.45, 7) is 3.94. The van der Waals surface area contributed by atoms with E-state index in [4.69, 9.17) is 14.7 Å². The van der Waals surface area contributed by atoms with Crippen LogP contribution in [0.3, 0.4) is 0 Å². The molecule has 2 heterocycles. The quantitative estimate of drug-likeness (QED) is 0.435. The molecule has 0 fully saturated rings. The summed E-state index contributed by atoms with van der Waals surface area (Å²) >= 11 is 2.79. The number of nitriles is 1. The average Bonchev–Trinajstić information content (AvgIpc) is 3.43. The number of ether oxygens (including phenoxy) is 2. The van der Waals surface area contributed by atoms with Gasteiger partial charge < -0.3 is 14.4 Å². The van der Waals surface area contributed by atoms with Crippen LogP contribution in [0.15, 0.2) is 41.8 Å². The van der Waals surface area contributed by atoms with E-state index in [2.05, 4.69) is 4.98 Å². The van der Waals surface area contributed by atoms with Crippen molar-refractivity contribution in [2.24, 2.45) is 0 Å². The first kappa shape index (κ1) is 22.5. The first-order chi connectivity index (χ1) is 15.0. The second-order valence-electron chi connectivity index (χ2n) is 6.37. The zero-order valence-electron chi connectivity index (χ0n) is 17.2. The van der Waals surface area contributed by atoms with Gasteiger partial charge in [0.05, 0.1) is 29.7 Å². The van der Waals surface area contributed by atoms with Crippen LogP contribution >= 0.6 is 22.7 Å². The molecule has 1 aromatic carbocycles. The molecule has 1 amide bonds. The first-order valence-electron chi connectivity index (χ1n) is 9.62. The van der Waals surface area contributed by atoms with E-state index in [1.165, 1.54) is 16.2 Å². The van der Waals surface area contributed by atoms with Crippen molar-refractivity contribution in [1.29, 1.82) is 5.26 Å². The molecule has 3 aromatic rings. The molecule has 0 bridgehead atoms. The third-order valence-corrected chi connectivity index (χ3v) is 6.42. The van der Waals surface area contributed by atoms with E-state index < -0.39 is 18.5 Å². The van der Waals surface area contributed by atoms with Gasteiger partial charge >= 0.3 is 5.97 Å². The number of rotatable bonds is 9. The molecule has 0 spiro atoms. The number of aromatic nitrogens is 1. The van der Waals surface area contributed by atoms with E-state index >= 15 is 0 Å². The summed E-state index contributed by atoms with van der Waals surface area (Å²) < 4.78 is 10.7. The van der Waals surface area contributed by atoms with E-state index in [-0.39, 0.29) is 13.0 Å². The third kappa shape index (κ3) is 5.69. The lowest BCUT2D eigenvalue weighted by Crippen LogP contribution is -2.35. The van der Waals surface area contributed by atoms with E-state index in [0.717, 1.165) is 9.88 Å². The number of hydrogen-bond donors (Lipinski definition) is 0. The van der Waals surface area contributed by atoms with Crippen LogP contribution < -0.4 is 9.64 Å². The Balaban J connectivity index is 1.67. The fourth-order valence-electron chi connectivity index (χ4n) is 2.81. The maximum atomic E-state index is 12.8. The fourth-order valence-corrected chi connectivity index (χ4v) is 4.57. The van der Waals surface area contributed by atoms with Crippen molar-refractivity contribution < 1.29 is 19.1 Å². The minimum absolute atomic E-state index is 0.158. The molecule has 0 aliphatic rings. The van der Waals surface area contributed by atoms with Gasteiger partial charge in [0.2, 0.25) is 0 Å². The van der Waals surface area contributed by atoms with Crippen molar-refractivity contribution in [1.82, 2.24) is 4.98 Å². The Morgan fingerprint density at radius 3 is 2.65 bits per heavy atom. The number of thiazole rings is 1. The predicted molar refractivity (Wildman–Crippen MR) is 121 cm³/mol. The van der Waals surface area contributed by atoms with Gasteiger partial charge in [-0.1, -0.05) is 6.07 Å². The minimum atomic E-state index is -0.585. The normalized spacial score (nSPS) is 10.4. The van der Waals surface area contributed by atoms with Gasteiger partial charge in [0, 0.05) is 12.2 Å². The van der Waals surface area contributed by atoms with Crippen LogP contribution in [0.25, 0.3) is 9.88 Å². The van der Waals surface area contributed by atoms with Gasteiger partial charge in [-0.15, -0.1) is 22.7 Å². The number of benzene rings is 1. The standard InChI is InChI=1S/C22H21N3O4S2/c1-3-28-17-9-7-16(8-10-17)25(12-5-11-23)19(26)14-29-22(27)20-15(2)24-21(31-20)18-6-4-13-30-18/h4,6-10,13H,3,5,12,14H2,1-2H3. The van der Waals surface area contributed by atoms with Crippen LogP contribution in [0, 0.1) is 18.3 Å². The Bertz CT molecular complexity index is 1070. The largest absolute Gasteiger partial charge is 0.494 e. The van der Waals surface area contributed by atoms with Gasteiger partial charge in [0.25, 0.3) is 5.91 Å². The molecule has 0 unspecified atom stereocenters. The van der Waals surface area contributed by atoms with Gasteiger partial charge in [0.1, 0.15) is 15.6 Å². The van der Waals surface area contributed by atoms with E-state index in [0.29, 0.717) is 28.6 Å². The molecule has 31 heavy (non-hydrogen) atoms. The number of nitrogens with zero attached hydrogens (tertiary/aromatic N) is 3. The summed E-state index contributed by atoms with van der Waals surface area (Å²) in [5.74, 6) is -0.306. The van der Waals surface area contributed by atoms with Gasteiger partial charge in [-0.3, -0.25) is 4.79 Å². The monoisotopic (exact) mass is 455 g/mol. The van der Waals surface area contributed by atoms with E-state index in [9.17, 15) is 9.59 Å². The minimum Gasteiger partial charge on any atom is -0.494 e. The average molecular weight is 456 g/mol. The van der Waals surface area contributed by atoms with Crippen molar-refractivity contribution >= 4 is 40.2 Å². The Morgan fingerprint density at radius 1 is 1.23 bits per heavy atom. The van der Waals surface area contributed by atoms with Crippen LogP contribution in [0.5, 0.6) is 5.75 Å². The maximum absolute atomic E-state index is 12.8. The molecule has 0 aliphatic carbocycles. The molecule has 9 heteroatoms. The number of thiophene rings is 1. The van der Waals surface area contributed by atoms with E-state index in [1.54, 1.807) is 42.5 Å². The zero-order chi connectivity index (χ0) is 22.2. The highest BCUT2D eigenvalue weighted by Crippen LogP contribution is 2.31. The summed E-state index contributed by atoms with van der Waals surface area (Å²) in [5.41, 5.74) is 1.17. The number of carbonyl (C=O) groups is 2. The van der Waals surface area contributed by atoms with E-state index in [1.807, 2.05) is 30.5 Å². The molecule has 0 atom stereocenters. The number of hydrogen-bond acceptors (Lipinski definition) is 8. The number of carbonyl (C=O) groups excluding carboxylic acids is 2. The molecule has 160 valence electrons. The molecule has 2 aromatic heterocycles. The second-order valence-corrected chi connectivity index (χ2v) is 8.31. The molecule has 3 rings (SSSR count). The van der Waals surface area contributed by atoms with Gasteiger partial charge in [-0.2, -0.15) is 5.26 Å². The third-order valence-electron chi connectivity index (χ3n) is 4.25. The molecule has 0 saturated carbocycles. The van der Waals surface area contributed by atoms with Crippen molar-refractivity contribution in [3.63, 3.8) is 0 Å². The Labute approximate surface area is 188 Å². The SMILES string of the molecule is CCOc1ccc(N(CCC#N)C(=O)COC(=O)c2sc(-c3cccs3)nc2C)cc1. The number of aryl methyl sites for hydroxylation is 1. The second kappa shape index (κ2) is 10.7. The molecule has 0 radical (unpaired) electrons. The molecule has 0 aliphatic heterocycles. The lowest BCUT2D eigenvalue weighted by Gasteiger charge is -2.22. The number of anilines is 1. The van der Waals surface area contributed by atoms with Crippen molar-refractivity contribution in [3.8, 4) is 21.7 Å². The highest BCUT2D eigenvalue weighted by molar-refractivity contribution is 7.22. The zero-order valence-corrected chi connectivity index (χ0v) is 18.8. The summed E-state index contributed by atoms with van der Waals surface area (Å²) in [4.78, 5) is 32.5.